The SMILES string of the molecule is COc1ccc(C(C)=O)cc1COC(=O)CCC(=O)c1ccc(-c2ccccc2)cc1. The maximum atomic E-state index is 12.4. The monoisotopic (exact) mass is 416 g/mol. The number of rotatable bonds is 9. The number of Topliss-reactive ketones (excluding diaryl/α,β-unsaturated/α-hetero) is 2. The smallest absolute Gasteiger partial charge is 0.306 e. The molecule has 3 rings (SSSR count). The zero-order chi connectivity index (χ0) is 22.2. The first kappa shape index (κ1) is 22.0. The molecule has 158 valence electrons. The Labute approximate surface area is 181 Å². The second-order valence-corrected chi connectivity index (χ2v) is 7.11. The Morgan fingerprint density at radius 3 is 2.06 bits per heavy atom. The second-order valence-electron chi connectivity index (χ2n) is 7.11. The first-order valence-corrected chi connectivity index (χ1v) is 10.00. The van der Waals surface area contributed by atoms with Crippen LogP contribution in [0.4, 0.5) is 0 Å². The quantitative estimate of drug-likeness (QED) is 0.351. The Morgan fingerprint density at radius 1 is 0.774 bits per heavy atom. The van der Waals surface area contributed by atoms with Gasteiger partial charge in [-0.25, -0.2) is 0 Å². The van der Waals surface area contributed by atoms with Crippen molar-refractivity contribution in [1.29, 1.82) is 0 Å². The molecule has 0 atom stereocenters. The molecule has 0 aliphatic carbocycles. The summed E-state index contributed by atoms with van der Waals surface area (Å²) in [5, 5.41) is 0. The van der Waals surface area contributed by atoms with Gasteiger partial charge in [0.2, 0.25) is 0 Å². The molecule has 0 saturated carbocycles. The summed E-state index contributed by atoms with van der Waals surface area (Å²) < 4.78 is 10.5. The van der Waals surface area contributed by atoms with Gasteiger partial charge in [-0.1, -0.05) is 54.6 Å². The third-order valence-corrected chi connectivity index (χ3v) is 4.95. The molecular weight excluding hydrogens is 392 g/mol. The standard InChI is InChI=1S/C26H24O5/c1-18(27)22-12-14-25(30-2)23(16-22)17-31-26(29)15-13-24(28)21-10-8-20(9-11-21)19-6-4-3-5-7-19/h3-12,14,16H,13,15,17H2,1-2H3. The molecule has 0 radical (unpaired) electrons. The van der Waals surface area contributed by atoms with Crippen LogP contribution in [0.25, 0.3) is 11.1 Å². The first-order chi connectivity index (χ1) is 15.0. The van der Waals surface area contributed by atoms with E-state index in [1.807, 2.05) is 42.5 Å². The molecule has 0 bridgehead atoms. The van der Waals surface area contributed by atoms with Crippen LogP contribution in [0.2, 0.25) is 0 Å². The summed E-state index contributed by atoms with van der Waals surface area (Å²) in [7, 11) is 1.51. The summed E-state index contributed by atoms with van der Waals surface area (Å²) in [6.07, 6.45) is 0.0438. The minimum atomic E-state index is -0.482. The molecule has 0 aliphatic heterocycles. The van der Waals surface area contributed by atoms with Crippen molar-refractivity contribution in [2.75, 3.05) is 7.11 Å². The van der Waals surface area contributed by atoms with Gasteiger partial charge in [-0.3, -0.25) is 14.4 Å². The summed E-state index contributed by atoms with van der Waals surface area (Å²) >= 11 is 0. The van der Waals surface area contributed by atoms with E-state index >= 15 is 0 Å². The Kier molecular flexibility index (Phi) is 7.33. The molecule has 31 heavy (non-hydrogen) atoms. The van der Waals surface area contributed by atoms with Crippen LogP contribution in [0, 0.1) is 0 Å². The molecule has 5 heteroatoms. The number of esters is 1. The zero-order valence-corrected chi connectivity index (χ0v) is 17.6. The fraction of sp³-hybridized carbons (Fsp3) is 0.192. The molecule has 0 unspecified atom stereocenters. The van der Waals surface area contributed by atoms with Crippen molar-refractivity contribution in [2.45, 2.75) is 26.4 Å². The Bertz CT molecular complexity index is 1070. The largest absolute Gasteiger partial charge is 0.496 e. The van der Waals surface area contributed by atoms with Gasteiger partial charge in [-0.2, -0.15) is 0 Å². The van der Waals surface area contributed by atoms with Crippen LogP contribution in [-0.2, 0) is 16.1 Å². The first-order valence-electron chi connectivity index (χ1n) is 10.00. The van der Waals surface area contributed by atoms with Crippen molar-refractivity contribution < 1.29 is 23.9 Å². The molecule has 3 aromatic rings. The highest BCUT2D eigenvalue weighted by molar-refractivity contribution is 5.98. The van der Waals surface area contributed by atoms with E-state index in [-0.39, 0.29) is 31.0 Å². The van der Waals surface area contributed by atoms with Gasteiger partial charge < -0.3 is 9.47 Å². The third-order valence-electron chi connectivity index (χ3n) is 4.95. The van der Waals surface area contributed by atoms with E-state index in [1.54, 1.807) is 30.3 Å². The minimum absolute atomic E-state index is 0.0199. The topological polar surface area (TPSA) is 69.7 Å². The highest BCUT2D eigenvalue weighted by Gasteiger charge is 2.13. The lowest BCUT2D eigenvalue weighted by molar-refractivity contribution is -0.144. The lowest BCUT2D eigenvalue weighted by atomic mass is 10.0. The molecule has 0 heterocycles. The van der Waals surface area contributed by atoms with Crippen LogP contribution >= 0.6 is 0 Å². The van der Waals surface area contributed by atoms with E-state index in [1.165, 1.54) is 14.0 Å². The van der Waals surface area contributed by atoms with Crippen LogP contribution < -0.4 is 4.74 Å². The maximum absolute atomic E-state index is 12.4. The molecule has 0 amide bonds. The van der Waals surface area contributed by atoms with Gasteiger partial charge in [0.15, 0.2) is 11.6 Å². The van der Waals surface area contributed by atoms with Crippen molar-refractivity contribution in [2.24, 2.45) is 0 Å². The lowest BCUT2D eigenvalue weighted by Gasteiger charge is -2.10. The molecule has 0 N–H and O–H groups in total. The fourth-order valence-corrected chi connectivity index (χ4v) is 3.18. The van der Waals surface area contributed by atoms with Crippen molar-refractivity contribution >= 4 is 17.5 Å². The van der Waals surface area contributed by atoms with Crippen LogP contribution in [0.5, 0.6) is 5.75 Å². The number of benzene rings is 3. The van der Waals surface area contributed by atoms with Crippen LogP contribution in [0.3, 0.4) is 0 Å². The molecule has 0 aromatic heterocycles. The maximum Gasteiger partial charge on any atom is 0.306 e. The molecule has 0 spiro atoms. The molecule has 3 aromatic carbocycles. The van der Waals surface area contributed by atoms with Gasteiger partial charge in [0, 0.05) is 23.1 Å². The van der Waals surface area contributed by atoms with E-state index < -0.39 is 5.97 Å². The number of ketones is 2. The van der Waals surface area contributed by atoms with Gasteiger partial charge in [-0.05, 0) is 36.2 Å². The summed E-state index contributed by atoms with van der Waals surface area (Å²) in [5.41, 5.74) is 3.78. The molecule has 0 saturated heterocycles. The molecule has 0 fully saturated rings. The predicted molar refractivity (Wildman–Crippen MR) is 118 cm³/mol. The highest BCUT2D eigenvalue weighted by Crippen LogP contribution is 2.22. The Hall–Kier alpha value is -3.73. The summed E-state index contributed by atoms with van der Waals surface area (Å²) in [5.74, 6) is -0.149. The van der Waals surface area contributed by atoms with Gasteiger partial charge >= 0.3 is 5.97 Å². The third kappa shape index (κ3) is 5.89. The molecule has 5 nitrogen and oxygen atoms in total. The average molecular weight is 416 g/mol. The van der Waals surface area contributed by atoms with Crippen molar-refractivity contribution in [1.82, 2.24) is 0 Å². The highest BCUT2D eigenvalue weighted by atomic mass is 16.5. The minimum Gasteiger partial charge on any atom is -0.496 e. The number of carbonyl (C=O) groups excluding carboxylic acids is 3. The number of ether oxygens (including phenoxy) is 2. The van der Waals surface area contributed by atoms with Gasteiger partial charge in [0.05, 0.1) is 13.5 Å². The molecular formula is C26H24O5. The van der Waals surface area contributed by atoms with E-state index in [0.717, 1.165) is 11.1 Å². The van der Waals surface area contributed by atoms with Gasteiger partial charge in [0.25, 0.3) is 0 Å². The predicted octanol–water partition coefficient (Wildman–Crippen LogP) is 5.27. The second kappa shape index (κ2) is 10.3. The lowest BCUT2D eigenvalue weighted by Crippen LogP contribution is -2.09. The van der Waals surface area contributed by atoms with E-state index in [9.17, 15) is 14.4 Å². The summed E-state index contributed by atoms with van der Waals surface area (Å²) in [6.45, 7) is 1.44. The van der Waals surface area contributed by atoms with Crippen LogP contribution in [0.15, 0.2) is 72.8 Å². The number of hydrogen-bond acceptors (Lipinski definition) is 5. The van der Waals surface area contributed by atoms with E-state index in [0.29, 0.717) is 22.4 Å². The van der Waals surface area contributed by atoms with Crippen molar-refractivity contribution in [3.8, 4) is 16.9 Å². The van der Waals surface area contributed by atoms with Crippen LogP contribution in [0.1, 0.15) is 46.0 Å². The van der Waals surface area contributed by atoms with E-state index in [2.05, 4.69) is 0 Å². The zero-order valence-electron chi connectivity index (χ0n) is 17.6. The molecule has 0 aliphatic rings. The van der Waals surface area contributed by atoms with Crippen molar-refractivity contribution in [3.05, 3.63) is 89.5 Å². The van der Waals surface area contributed by atoms with Gasteiger partial charge in [0.1, 0.15) is 12.4 Å². The van der Waals surface area contributed by atoms with Gasteiger partial charge in [-0.15, -0.1) is 0 Å². The normalized spacial score (nSPS) is 10.4. The average Bonchev–Trinajstić information content (AvgIpc) is 2.81. The number of methoxy groups -OCH3 is 1. The Morgan fingerprint density at radius 2 is 1.42 bits per heavy atom. The van der Waals surface area contributed by atoms with Crippen LogP contribution in [-0.4, -0.2) is 24.6 Å². The Balaban J connectivity index is 1.53. The summed E-state index contributed by atoms with van der Waals surface area (Å²) in [4.78, 5) is 36.1. The number of carbonyl (C=O) groups is 3. The number of hydrogen-bond donors (Lipinski definition) is 0. The fourth-order valence-electron chi connectivity index (χ4n) is 3.18. The van der Waals surface area contributed by atoms with E-state index in [4.69, 9.17) is 9.47 Å². The summed E-state index contributed by atoms with van der Waals surface area (Å²) in [6, 6.07) is 22.2. The van der Waals surface area contributed by atoms with Crippen molar-refractivity contribution in [3.63, 3.8) is 0 Å².